The molecule has 144 valence electrons. The number of benzene rings is 2. The maximum atomic E-state index is 13.2. The van der Waals surface area contributed by atoms with Gasteiger partial charge in [-0.25, -0.2) is 4.39 Å². The Labute approximate surface area is 160 Å². The molecule has 1 aliphatic heterocycles. The topological polar surface area (TPSA) is 43.8 Å². The number of carbonyl (C=O) groups excluding carboxylic acids is 1. The van der Waals surface area contributed by atoms with Crippen molar-refractivity contribution in [3.8, 4) is 5.75 Å². The van der Waals surface area contributed by atoms with E-state index in [9.17, 15) is 14.3 Å². The van der Waals surface area contributed by atoms with Crippen molar-refractivity contribution in [3.63, 3.8) is 0 Å². The summed E-state index contributed by atoms with van der Waals surface area (Å²) >= 11 is 0. The molecule has 0 aliphatic carbocycles. The van der Waals surface area contributed by atoms with Gasteiger partial charge in [-0.2, -0.15) is 0 Å². The van der Waals surface area contributed by atoms with E-state index in [1.165, 1.54) is 12.1 Å². The molecule has 2 aromatic carbocycles. The smallest absolute Gasteiger partial charge is 0.257 e. The summed E-state index contributed by atoms with van der Waals surface area (Å²) in [6.45, 7) is 7.22. The standard InChI is InChI=1S/C22H27FN2O2/c1-16(2)20-15-25(22(27)19-6-3-4-7-21(19)26)13-5-12-24(20)14-17-8-10-18(23)11-9-17/h3-4,6-11,16,20,26H,5,12-15H2,1-2H3/t20-/m0/s1. The first-order valence-corrected chi connectivity index (χ1v) is 9.51. The number of phenols is 1. The molecule has 1 saturated heterocycles. The van der Waals surface area contributed by atoms with Crippen LogP contribution in [0.5, 0.6) is 5.75 Å². The fourth-order valence-corrected chi connectivity index (χ4v) is 3.73. The molecule has 0 spiro atoms. The van der Waals surface area contributed by atoms with Crippen molar-refractivity contribution in [1.82, 2.24) is 9.80 Å². The van der Waals surface area contributed by atoms with Crippen LogP contribution in [-0.4, -0.2) is 46.5 Å². The molecular weight excluding hydrogens is 343 g/mol. The van der Waals surface area contributed by atoms with Crippen LogP contribution in [0.25, 0.3) is 0 Å². The highest BCUT2D eigenvalue weighted by Gasteiger charge is 2.30. The summed E-state index contributed by atoms with van der Waals surface area (Å²) in [7, 11) is 0. The lowest BCUT2D eigenvalue weighted by Crippen LogP contribution is -2.45. The van der Waals surface area contributed by atoms with E-state index in [0.29, 0.717) is 24.6 Å². The zero-order valence-corrected chi connectivity index (χ0v) is 15.9. The van der Waals surface area contributed by atoms with Gasteiger partial charge in [0.2, 0.25) is 0 Å². The molecule has 1 amide bonds. The van der Waals surface area contributed by atoms with Crippen molar-refractivity contribution in [1.29, 1.82) is 0 Å². The largest absolute Gasteiger partial charge is 0.507 e. The van der Waals surface area contributed by atoms with Crippen LogP contribution in [0.15, 0.2) is 48.5 Å². The first-order valence-electron chi connectivity index (χ1n) is 9.51. The van der Waals surface area contributed by atoms with Gasteiger partial charge in [-0.3, -0.25) is 9.69 Å². The highest BCUT2D eigenvalue weighted by molar-refractivity contribution is 5.96. The van der Waals surface area contributed by atoms with E-state index in [1.54, 1.807) is 24.3 Å². The molecule has 1 atom stereocenters. The summed E-state index contributed by atoms with van der Waals surface area (Å²) in [5.41, 5.74) is 1.43. The lowest BCUT2D eigenvalue weighted by Gasteiger charge is -2.34. The minimum Gasteiger partial charge on any atom is -0.507 e. The van der Waals surface area contributed by atoms with Gasteiger partial charge in [-0.1, -0.05) is 38.1 Å². The van der Waals surface area contributed by atoms with E-state index in [2.05, 4.69) is 18.7 Å². The van der Waals surface area contributed by atoms with Gasteiger partial charge < -0.3 is 10.0 Å². The monoisotopic (exact) mass is 370 g/mol. The van der Waals surface area contributed by atoms with Crippen LogP contribution in [0.3, 0.4) is 0 Å². The number of amides is 1. The van der Waals surface area contributed by atoms with Crippen molar-refractivity contribution in [2.24, 2.45) is 5.92 Å². The summed E-state index contributed by atoms with van der Waals surface area (Å²) in [6, 6.07) is 13.5. The second-order valence-corrected chi connectivity index (χ2v) is 7.53. The molecule has 3 rings (SSSR count). The Morgan fingerprint density at radius 3 is 2.52 bits per heavy atom. The summed E-state index contributed by atoms with van der Waals surface area (Å²) in [5.74, 6) is 0.0380. The molecule has 4 nitrogen and oxygen atoms in total. The molecule has 27 heavy (non-hydrogen) atoms. The van der Waals surface area contributed by atoms with Crippen molar-refractivity contribution < 1.29 is 14.3 Å². The molecule has 1 aliphatic rings. The molecule has 5 heteroatoms. The Morgan fingerprint density at radius 1 is 1.15 bits per heavy atom. The van der Waals surface area contributed by atoms with E-state index in [0.717, 1.165) is 25.1 Å². The van der Waals surface area contributed by atoms with E-state index in [-0.39, 0.29) is 23.5 Å². The number of carbonyl (C=O) groups is 1. The van der Waals surface area contributed by atoms with Crippen LogP contribution in [0, 0.1) is 11.7 Å². The summed E-state index contributed by atoms with van der Waals surface area (Å²) in [6.07, 6.45) is 0.865. The van der Waals surface area contributed by atoms with Crippen molar-refractivity contribution in [2.75, 3.05) is 19.6 Å². The van der Waals surface area contributed by atoms with Gasteiger partial charge in [0.15, 0.2) is 0 Å². The third kappa shape index (κ3) is 4.66. The van der Waals surface area contributed by atoms with Crippen LogP contribution in [0.1, 0.15) is 36.2 Å². The van der Waals surface area contributed by atoms with Crippen LogP contribution < -0.4 is 0 Å². The highest BCUT2D eigenvalue weighted by Crippen LogP contribution is 2.23. The Hall–Kier alpha value is -2.40. The van der Waals surface area contributed by atoms with E-state index in [4.69, 9.17) is 0 Å². The van der Waals surface area contributed by atoms with Gasteiger partial charge in [-0.15, -0.1) is 0 Å². The minimum absolute atomic E-state index is 0.0241. The quantitative estimate of drug-likeness (QED) is 0.888. The SMILES string of the molecule is CC(C)[C@@H]1CN(C(=O)c2ccccc2O)CCCN1Cc1ccc(F)cc1. The van der Waals surface area contributed by atoms with Crippen LogP contribution >= 0.6 is 0 Å². The molecule has 0 bridgehead atoms. The van der Waals surface area contributed by atoms with Crippen molar-refractivity contribution in [3.05, 3.63) is 65.5 Å². The van der Waals surface area contributed by atoms with Gasteiger partial charge in [0.25, 0.3) is 5.91 Å². The van der Waals surface area contributed by atoms with E-state index < -0.39 is 0 Å². The Morgan fingerprint density at radius 2 is 1.85 bits per heavy atom. The second-order valence-electron chi connectivity index (χ2n) is 7.53. The number of halogens is 1. The summed E-state index contributed by atoms with van der Waals surface area (Å²) < 4.78 is 13.2. The second kappa shape index (κ2) is 8.53. The molecular formula is C22H27FN2O2. The summed E-state index contributed by atoms with van der Waals surface area (Å²) in [4.78, 5) is 17.2. The molecule has 0 unspecified atom stereocenters. The van der Waals surface area contributed by atoms with E-state index >= 15 is 0 Å². The van der Waals surface area contributed by atoms with Crippen LogP contribution in [0.4, 0.5) is 4.39 Å². The average Bonchev–Trinajstić information content (AvgIpc) is 2.86. The number of para-hydroxylation sites is 1. The first kappa shape index (κ1) is 19.4. The fraction of sp³-hybridized carbons (Fsp3) is 0.409. The number of aromatic hydroxyl groups is 1. The fourth-order valence-electron chi connectivity index (χ4n) is 3.73. The molecule has 0 radical (unpaired) electrons. The Balaban J connectivity index is 1.77. The normalized spacial score (nSPS) is 18.5. The summed E-state index contributed by atoms with van der Waals surface area (Å²) in [5, 5.41) is 10.0. The number of phenolic OH excluding ortho intramolecular Hbond substituents is 1. The Kier molecular flexibility index (Phi) is 6.11. The van der Waals surface area contributed by atoms with Gasteiger partial charge >= 0.3 is 0 Å². The number of hydrogen-bond donors (Lipinski definition) is 1. The molecule has 2 aromatic rings. The Bertz CT molecular complexity index is 776. The van der Waals surface area contributed by atoms with Gasteiger partial charge in [0.05, 0.1) is 5.56 Å². The van der Waals surface area contributed by atoms with Crippen molar-refractivity contribution >= 4 is 5.91 Å². The molecule has 1 fully saturated rings. The number of rotatable bonds is 4. The van der Waals surface area contributed by atoms with Gasteiger partial charge in [-0.05, 0) is 42.2 Å². The van der Waals surface area contributed by atoms with Crippen LogP contribution in [-0.2, 0) is 6.54 Å². The third-order valence-electron chi connectivity index (χ3n) is 5.24. The van der Waals surface area contributed by atoms with Gasteiger partial charge in [0, 0.05) is 32.2 Å². The molecule has 0 saturated carbocycles. The lowest BCUT2D eigenvalue weighted by molar-refractivity contribution is 0.0699. The molecule has 0 aromatic heterocycles. The zero-order chi connectivity index (χ0) is 19.4. The first-order chi connectivity index (χ1) is 13.0. The lowest BCUT2D eigenvalue weighted by atomic mass is 10.0. The predicted octanol–water partition coefficient (Wildman–Crippen LogP) is 3.90. The average molecular weight is 370 g/mol. The molecule has 1 N–H and O–H groups in total. The van der Waals surface area contributed by atoms with Gasteiger partial charge in [0.1, 0.15) is 11.6 Å². The maximum Gasteiger partial charge on any atom is 0.257 e. The molecule has 1 heterocycles. The highest BCUT2D eigenvalue weighted by atomic mass is 19.1. The number of hydrogen-bond acceptors (Lipinski definition) is 3. The maximum absolute atomic E-state index is 13.2. The number of nitrogens with zero attached hydrogens (tertiary/aromatic N) is 2. The minimum atomic E-state index is -0.227. The van der Waals surface area contributed by atoms with E-state index in [1.807, 2.05) is 17.0 Å². The zero-order valence-electron chi connectivity index (χ0n) is 15.9. The third-order valence-corrected chi connectivity index (χ3v) is 5.24. The predicted molar refractivity (Wildman–Crippen MR) is 104 cm³/mol. The van der Waals surface area contributed by atoms with Crippen molar-refractivity contribution in [2.45, 2.75) is 32.9 Å². The van der Waals surface area contributed by atoms with Crippen LogP contribution in [0.2, 0.25) is 0 Å².